The summed E-state index contributed by atoms with van der Waals surface area (Å²) in [6.45, 7) is 3.47. The minimum atomic E-state index is -2.31. The van der Waals surface area contributed by atoms with Crippen LogP contribution in [0, 0.1) is 0 Å². The minimum absolute atomic E-state index is 0.257. The van der Waals surface area contributed by atoms with Gasteiger partial charge in [0.2, 0.25) is 6.43 Å². The number of rotatable bonds is 5. The highest BCUT2D eigenvalue weighted by Gasteiger charge is 1.95. The van der Waals surface area contributed by atoms with E-state index in [-0.39, 0.29) is 6.42 Å². The van der Waals surface area contributed by atoms with E-state index in [4.69, 9.17) is 5.73 Å². The van der Waals surface area contributed by atoms with Crippen LogP contribution in [0.3, 0.4) is 0 Å². The zero-order valence-electron chi connectivity index (χ0n) is 7.16. The number of hydrogen-bond acceptors (Lipinski definition) is 1. The van der Waals surface area contributed by atoms with Gasteiger partial charge in [-0.05, 0) is 12.2 Å². The Labute approximate surface area is 76.2 Å². The van der Waals surface area contributed by atoms with E-state index in [1.807, 2.05) is 0 Å². The van der Waals surface area contributed by atoms with Gasteiger partial charge in [0.25, 0.3) is 0 Å². The number of halogens is 2. The van der Waals surface area contributed by atoms with Gasteiger partial charge in [-0.25, -0.2) is 13.8 Å². The molecule has 0 radical (unpaired) electrons. The third-order valence-electron chi connectivity index (χ3n) is 1.15. The Kier molecular flexibility index (Phi) is 6.41. The van der Waals surface area contributed by atoms with Crippen molar-refractivity contribution < 1.29 is 8.78 Å². The van der Waals surface area contributed by atoms with Crippen LogP contribution < -0.4 is 5.73 Å². The van der Waals surface area contributed by atoms with Crippen molar-refractivity contribution >= 4 is 6.34 Å². The number of aliphatic imine (C=N–C) groups is 1. The van der Waals surface area contributed by atoms with Gasteiger partial charge in [-0.2, -0.15) is 0 Å². The van der Waals surface area contributed by atoms with E-state index in [2.05, 4.69) is 11.6 Å². The van der Waals surface area contributed by atoms with Crippen molar-refractivity contribution in [2.24, 2.45) is 10.7 Å². The Bertz CT molecular complexity index is 230. The zero-order valence-corrected chi connectivity index (χ0v) is 7.16. The molecule has 0 aromatic heterocycles. The first-order valence-electron chi connectivity index (χ1n) is 3.72. The van der Waals surface area contributed by atoms with Crippen LogP contribution in [0.4, 0.5) is 8.78 Å². The van der Waals surface area contributed by atoms with E-state index in [0.717, 1.165) is 6.34 Å². The molecule has 13 heavy (non-hydrogen) atoms. The molecule has 4 heteroatoms. The lowest BCUT2D eigenvalue weighted by molar-refractivity contribution is 0.152. The molecule has 2 nitrogen and oxygen atoms in total. The third kappa shape index (κ3) is 6.93. The SMILES string of the molecule is C=C/C(=C/C=C\CC(F)F)N=CN. The number of allylic oxidation sites excluding steroid dienone is 4. The molecule has 0 saturated carbocycles. The molecule has 0 rings (SSSR count). The van der Waals surface area contributed by atoms with Crippen molar-refractivity contribution in [1.82, 2.24) is 0 Å². The average Bonchev–Trinajstić information content (AvgIpc) is 2.10. The molecule has 0 aliphatic heterocycles. The van der Waals surface area contributed by atoms with Crippen LogP contribution in [0.25, 0.3) is 0 Å². The van der Waals surface area contributed by atoms with Gasteiger partial charge < -0.3 is 5.73 Å². The Morgan fingerprint density at radius 3 is 2.69 bits per heavy atom. The van der Waals surface area contributed by atoms with Crippen LogP contribution in [0.15, 0.2) is 41.6 Å². The lowest BCUT2D eigenvalue weighted by Crippen LogP contribution is -1.88. The maximum Gasteiger partial charge on any atom is 0.242 e. The molecule has 0 aromatic rings. The van der Waals surface area contributed by atoms with Crippen LogP contribution in [0.2, 0.25) is 0 Å². The summed E-state index contributed by atoms with van der Waals surface area (Å²) in [5.41, 5.74) is 5.57. The number of nitrogens with zero attached hydrogens (tertiary/aromatic N) is 1. The molecule has 0 atom stereocenters. The zero-order chi connectivity index (χ0) is 10.1. The van der Waals surface area contributed by atoms with Crippen LogP contribution in [0.1, 0.15) is 6.42 Å². The predicted octanol–water partition coefficient (Wildman–Crippen LogP) is 2.25. The molecule has 0 saturated heterocycles. The molecular weight excluding hydrogens is 174 g/mol. The minimum Gasteiger partial charge on any atom is -0.390 e. The summed E-state index contributed by atoms with van der Waals surface area (Å²) < 4.78 is 23.3. The van der Waals surface area contributed by atoms with E-state index in [1.54, 1.807) is 6.08 Å². The standard InChI is InChI=1S/C9H12F2N2/c1-2-8(13-7-12)5-3-4-6-9(10)11/h2-5,7,9H,1,6H2,(H2,12,13)/b4-3-,8-5-. The maximum atomic E-state index is 11.6. The van der Waals surface area contributed by atoms with Crippen molar-refractivity contribution in [3.05, 3.63) is 36.6 Å². The molecule has 0 aromatic carbocycles. The highest BCUT2D eigenvalue weighted by Crippen LogP contribution is 2.01. The summed E-state index contributed by atoms with van der Waals surface area (Å²) in [5, 5.41) is 0. The average molecular weight is 186 g/mol. The number of nitrogens with two attached hydrogens (primary N) is 1. The van der Waals surface area contributed by atoms with E-state index >= 15 is 0 Å². The van der Waals surface area contributed by atoms with Gasteiger partial charge in [0.1, 0.15) is 0 Å². The van der Waals surface area contributed by atoms with Crippen LogP contribution in [-0.4, -0.2) is 12.8 Å². The first-order chi connectivity index (χ1) is 6.20. The largest absolute Gasteiger partial charge is 0.390 e. The van der Waals surface area contributed by atoms with E-state index in [1.165, 1.54) is 18.2 Å². The van der Waals surface area contributed by atoms with Gasteiger partial charge in [-0.3, -0.25) is 0 Å². The van der Waals surface area contributed by atoms with Crippen molar-refractivity contribution in [3.8, 4) is 0 Å². The Balaban J connectivity index is 4.05. The summed E-state index contributed by atoms with van der Waals surface area (Å²) in [7, 11) is 0. The van der Waals surface area contributed by atoms with Crippen molar-refractivity contribution in [3.63, 3.8) is 0 Å². The number of hydrogen-bond donors (Lipinski definition) is 1. The van der Waals surface area contributed by atoms with E-state index < -0.39 is 6.43 Å². The molecule has 0 amide bonds. The van der Waals surface area contributed by atoms with Gasteiger partial charge in [-0.15, -0.1) is 0 Å². The maximum absolute atomic E-state index is 11.6. The van der Waals surface area contributed by atoms with Crippen LogP contribution >= 0.6 is 0 Å². The van der Waals surface area contributed by atoms with E-state index in [9.17, 15) is 8.78 Å². The van der Waals surface area contributed by atoms with Crippen LogP contribution in [-0.2, 0) is 0 Å². The van der Waals surface area contributed by atoms with Gasteiger partial charge in [-0.1, -0.05) is 18.7 Å². The topological polar surface area (TPSA) is 38.4 Å². The summed E-state index contributed by atoms with van der Waals surface area (Å²) in [6, 6.07) is 0. The molecule has 0 spiro atoms. The molecule has 0 bridgehead atoms. The van der Waals surface area contributed by atoms with Gasteiger partial charge >= 0.3 is 0 Å². The molecular formula is C9H12F2N2. The highest BCUT2D eigenvalue weighted by molar-refractivity contribution is 5.54. The molecule has 0 unspecified atom stereocenters. The third-order valence-corrected chi connectivity index (χ3v) is 1.15. The summed E-state index contributed by atoms with van der Waals surface area (Å²) in [6.07, 6.45) is 4.45. The van der Waals surface area contributed by atoms with Gasteiger partial charge in [0.15, 0.2) is 0 Å². The fourth-order valence-corrected chi connectivity index (χ4v) is 0.598. The first-order valence-corrected chi connectivity index (χ1v) is 3.72. The van der Waals surface area contributed by atoms with Gasteiger partial charge in [0.05, 0.1) is 12.0 Å². The van der Waals surface area contributed by atoms with Crippen LogP contribution in [0.5, 0.6) is 0 Å². The highest BCUT2D eigenvalue weighted by atomic mass is 19.3. The second-order valence-electron chi connectivity index (χ2n) is 2.13. The van der Waals surface area contributed by atoms with Crippen molar-refractivity contribution in [1.29, 1.82) is 0 Å². The molecule has 0 fully saturated rings. The normalized spacial score (nSPS) is 13.3. The summed E-state index contributed by atoms with van der Waals surface area (Å²) in [5.74, 6) is 0. The molecule has 2 N–H and O–H groups in total. The molecule has 0 heterocycles. The van der Waals surface area contributed by atoms with Gasteiger partial charge in [0, 0.05) is 6.42 Å². The predicted molar refractivity (Wildman–Crippen MR) is 50.7 cm³/mol. The lowest BCUT2D eigenvalue weighted by Gasteiger charge is -1.89. The van der Waals surface area contributed by atoms with Crippen molar-refractivity contribution in [2.45, 2.75) is 12.8 Å². The first kappa shape index (κ1) is 11.6. The number of alkyl halides is 2. The second-order valence-corrected chi connectivity index (χ2v) is 2.13. The second kappa shape index (κ2) is 7.21. The Hall–Kier alpha value is -1.45. The lowest BCUT2D eigenvalue weighted by atomic mass is 10.3. The molecule has 0 aliphatic carbocycles. The molecule has 72 valence electrons. The van der Waals surface area contributed by atoms with Crippen molar-refractivity contribution in [2.75, 3.05) is 0 Å². The summed E-state index contributed by atoms with van der Waals surface area (Å²) in [4.78, 5) is 3.72. The van der Waals surface area contributed by atoms with E-state index in [0.29, 0.717) is 5.70 Å². The summed E-state index contributed by atoms with van der Waals surface area (Å²) >= 11 is 0. The monoisotopic (exact) mass is 186 g/mol. The smallest absolute Gasteiger partial charge is 0.242 e. The quantitative estimate of drug-likeness (QED) is 0.399. The Morgan fingerprint density at radius 1 is 1.54 bits per heavy atom. The molecule has 0 aliphatic rings. The Morgan fingerprint density at radius 2 is 2.23 bits per heavy atom. The fourth-order valence-electron chi connectivity index (χ4n) is 0.598. The fraction of sp³-hybridized carbons (Fsp3) is 0.222.